The molecule has 1 N–H and O–H groups in total. The highest BCUT2D eigenvalue weighted by atomic mass is 16.5. The number of ether oxygens (including phenoxy) is 1. The molecule has 0 aliphatic heterocycles. The fraction of sp³-hybridized carbons (Fsp3) is 0.600. The highest BCUT2D eigenvalue weighted by molar-refractivity contribution is 5.66. The van der Waals surface area contributed by atoms with Crippen LogP contribution in [0.3, 0.4) is 0 Å². The van der Waals surface area contributed by atoms with Gasteiger partial charge in [0.2, 0.25) is 0 Å². The number of imidazole rings is 1. The average molecular weight is 289 g/mol. The topological polar surface area (TPSA) is 54.7 Å². The zero-order valence-corrected chi connectivity index (χ0v) is 12.7. The van der Waals surface area contributed by atoms with Crippen LogP contribution in [0.5, 0.6) is 0 Å². The van der Waals surface area contributed by atoms with Crippen LogP contribution >= 0.6 is 0 Å². The number of nitrogens with zero attached hydrogens (tertiary/aromatic N) is 4. The molecular formula is C15H23N5O. The molecule has 0 amide bonds. The van der Waals surface area contributed by atoms with Crippen LogP contribution in [0.4, 0.5) is 11.6 Å². The van der Waals surface area contributed by atoms with Crippen molar-refractivity contribution in [1.82, 2.24) is 14.4 Å². The largest absolute Gasteiger partial charge is 0.379 e. The summed E-state index contributed by atoms with van der Waals surface area (Å²) >= 11 is 0. The van der Waals surface area contributed by atoms with Gasteiger partial charge in [-0.15, -0.1) is 0 Å². The van der Waals surface area contributed by atoms with Crippen molar-refractivity contribution in [2.75, 3.05) is 43.6 Å². The van der Waals surface area contributed by atoms with E-state index in [2.05, 4.69) is 27.1 Å². The van der Waals surface area contributed by atoms with Crippen LogP contribution in [0, 0.1) is 5.92 Å². The SMILES string of the molecule is CCNc1cn2ccnc2c(N(C)CCOCC2CC2)n1. The Kier molecular flexibility index (Phi) is 4.24. The second kappa shape index (κ2) is 6.30. The van der Waals surface area contributed by atoms with Gasteiger partial charge in [-0.2, -0.15) is 0 Å². The van der Waals surface area contributed by atoms with E-state index in [4.69, 9.17) is 4.74 Å². The second-order valence-corrected chi connectivity index (χ2v) is 5.58. The number of rotatable bonds is 8. The van der Waals surface area contributed by atoms with Crippen molar-refractivity contribution >= 4 is 17.3 Å². The first kappa shape index (κ1) is 14.1. The summed E-state index contributed by atoms with van der Waals surface area (Å²) in [5.41, 5.74) is 0.876. The van der Waals surface area contributed by atoms with Crippen molar-refractivity contribution in [2.45, 2.75) is 19.8 Å². The minimum atomic E-state index is 0.729. The zero-order chi connectivity index (χ0) is 14.7. The molecule has 0 aromatic carbocycles. The zero-order valence-electron chi connectivity index (χ0n) is 12.7. The van der Waals surface area contributed by atoms with Crippen LogP contribution in [0.1, 0.15) is 19.8 Å². The Balaban J connectivity index is 1.68. The van der Waals surface area contributed by atoms with E-state index in [9.17, 15) is 0 Å². The second-order valence-electron chi connectivity index (χ2n) is 5.58. The predicted molar refractivity (Wildman–Crippen MR) is 84.0 cm³/mol. The lowest BCUT2D eigenvalue weighted by molar-refractivity contribution is 0.131. The van der Waals surface area contributed by atoms with E-state index in [-0.39, 0.29) is 0 Å². The lowest BCUT2D eigenvalue weighted by Gasteiger charge is -2.19. The van der Waals surface area contributed by atoms with E-state index >= 15 is 0 Å². The highest BCUT2D eigenvalue weighted by Crippen LogP contribution is 2.28. The van der Waals surface area contributed by atoms with Crippen LogP contribution in [0.15, 0.2) is 18.6 Å². The minimum absolute atomic E-state index is 0.729. The van der Waals surface area contributed by atoms with Crippen LogP contribution in [0.25, 0.3) is 5.65 Å². The smallest absolute Gasteiger partial charge is 0.180 e. The number of nitrogens with one attached hydrogen (secondary N) is 1. The lowest BCUT2D eigenvalue weighted by atomic mass is 10.4. The van der Waals surface area contributed by atoms with E-state index in [1.807, 2.05) is 23.8 Å². The molecule has 1 saturated carbocycles. The molecule has 1 aliphatic rings. The molecule has 3 rings (SSSR count). The van der Waals surface area contributed by atoms with Gasteiger partial charge in [-0.05, 0) is 25.7 Å². The first-order valence-corrected chi connectivity index (χ1v) is 7.64. The maximum Gasteiger partial charge on any atom is 0.180 e. The molecule has 0 bridgehead atoms. The third kappa shape index (κ3) is 3.44. The van der Waals surface area contributed by atoms with E-state index in [0.29, 0.717) is 0 Å². The van der Waals surface area contributed by atoms with E-state index in [1.165, 1.54) is 12.8 Å². The van der Waals surface area contributed by atoms with Gasteiger partial charge < -0.3 is 19.4 Å². The molecule has 21 heavy (non-hydrogen) atoms. The number of likely N-dealkylation sites (N-methyl/N-ethyl adjacent to an activating group) is 1. The summed E-state index contributed by atoms with van der Waals surface area (Å²) in [6, 6.07) is 0. The Hall–Kier alpha value is -1.82. The number of hydrogen-bond donors (Lipinski definition) is 1. The Morgan fingerprint density at radius 1 is 1.48 bits per heavy atom. The van der Waals surface area contributed by atoms with Gasteiger partial charge in [0.25, 0.3) is 0 Å². The minimum Gasteiger partial charge on any atom is -0.379 e. The van der Waals surface area contributed by atoms with Crippen molar-refractivity contribution in [3.63, 3.8) is 0 Å². The molecule has 2 heterocycles. The third-order valence-electron chi connectivity index (χ3n) is 3.70. The number of anilines is 2. The van der Waals surface area contributed by atoms with Gasteiger partial charge in [0.1, 0.15) is 5.82 Å². The molecule has 2 aromatic rings. The van der Waals surface area contributed by atoms with Gasteiger partial charge >= 0.3 is 0 Å². The van der Waals surface area contributed by atoms with E-state index in [0.717, 1.165) is 49.5 Å². The molecule has 114 valence electrons. The van der Waals surface area contributed by atoms with E-state index < -0.39 is 0 Å². The lowest BCUT2D eigenvalue weighted by Crippen LogP contribution is -2.25. The van der Waals surface area contributed by atoms with Crippen molar-refractivity contribution < 1.29 is 4.74 Å². The summed E-state index contributed by atoms with van der Waals surface area (Å²) in [6.45, 7) is 5.36. The van der Waals surface area contributed by atoms with Gasteiger partial charge in [0, 0.05) is 39.1 Å². The molecule has 0 atom stereocenters. The molecule has 0 saturated heterocycles. The normalized spacial score (nSPS) is 14.6. The quantitative estimate of drug-likeness (QED) is 0.754. The maximum absolute atomic E-state index is 5.71. The first-order valence-electron chi connectivity index (χ1n) is 7.64. The monoisotopic (exact) mass is 289 g/mol. The van der Waals surface area contributed by atoms with Crippen molar-refractivity contribution in [1.29, 1.82) is 0 Å². The summed E-state index contributed by atoms with van der Waals surface area (Å²) in [5.74, 6) is 2.56. The molecule has 1 aliphatic carbocycles. The summed E-state index contributed by atoms with van der Waals surface area (Å²) in [4.78, 5) is 11.2. The first-order chi connectivity index (χ1) is 10.3. The van der Waals surface area contributed by atoms with Gasteiger partial charge in [-0.25, -0.2) is 9.97 Å². The number of aromatic nitrogens is 3. The van der Waals surface area contributed by atoms with Gasteiger partial charge in [0.05, 0.1) is 12.8 Å². The Morgan fingerprint density at radius 3 is 3.10 bits per heavy atom. The third-order valence-corrected chi connectivity index (χ3v) is 3.70. The van der Waals surface area contributed by atoms with Crippen LogP contribution in [-0.2, 0) is 4.74 Å². The van der Waals surface area contributed by atoms with Crippen LogP contribution < -0.4 is 10.2 Å². The Bertz CT molecular complexity index is 593. The Morgan fingerprint density at radius 2 is 2.33 bits per heavy atom. The predicted octanol–water partition coefficient (Wildman–Crippen LogP) is 2.02. The molecule has 0 spiro atoms. The summed E-state index contributed by atoms with van der Waals surface area (Å²) in [5, 5.41) is 3.26. The summed E-state index contributed by atoms with van der Waals surface area (Å²) < 4.78 is 7.71. The molecule has 6 nitrogen and oxygen atoms in total. The van der Waals surface area contributed by atoms with Gasteiger partial charge in [-0.1, -0.05) is 0 Å². The number of hydrogen-bond acceptors (Lipinski definition) is 5. The standard InChI is InChI=1S/C15H23N5O/c1-3-16-13-10-20-7-6-17-14(20)15(18-13)19(2)8-9-21-11-12-4-5-12/h6-7,10,12,16H,3-5,8-9,11H2,1-2H3. The molecular weight excluding hydrogens is 266 g/mol. The molecule has 0 radical (unpaired) electrons. The van der Waals surface area contributed by atoms with Gasteiger partial charge in [-0.3, -0.25) is 0 Å². The number of fused-ring (bicyclic) bond motifs is 1. The highest BCUT2D eigenvalue weighted by Gasteiger charge is 2.21. The van der Waals surface area contributed by atoms with E-state index in [1.54, 1.807) is 6.20 Å². The van der Waals surface area contributed by atoms with Gasteiger partial charge in [0.15, 0.2) is 11.5 Å². The summed E-state index contributed by atoms with van der Waals surface area (Å²) in [6.07, 6.45) is 8.37. The molecule has 2 aromatic heterocycles. The summed E-state index contributed by atoms with van der Waals surface area (Å²) in [7, 11) is 2.03. The van der Waals surface area contributed by atoms with Crippen molar-refractivity contribution in [3.05, 3.63) is 18.6 Å². The fourth-order valence-electron chi connectivity index (χ4n) is 2.28. The maximum atomic E-state index is 5.71. The van der Waals surface area contributed by atoms with Crippen LogP contribution in [-0.4, -0.2) is 47.7 Å². The molecule has 1 fully saturated rings. The van der Waals surface area contributed by atoms with Crippen molar-refractivity contribution in [3.8, 4) is 0 Å². The van der Waals surface area contributed by atoms with Crippen molar-refractivity contribution in [2.24, 2.45) is 5.92 Å². The fourth-order valence-corrected chi connectivity index (χ4v) is 2.28. The molecule has 0 unspecified atom stereocenters. The average Bonchev–Trinajstić information content (AvgIpc) is 3.18. The van der Waals surface area contributed by atoms with Crippen LogP contribution in [0.2, 0.25) is 0 Å². The Labute approximate surface area is 125 Å². The molecule has 6 heteroatoms.